The van der Waals surface area contributed by atoms with E-state index in [1.54, 1.807) is 42.1 Å². The van der Waals surface area contributed by atoms with Crippen molar-refractivity contribution in [1.82, 2.24) is 4.90 Å². The highest BCUT2D eigenvalue weighted by atomic mass is 32.2. The van der Waals surface area contributed by atoms with Crippen LogP contribution in [0.15, 0.2) is 102 Å². The molecule has 2 N–H and O–H groups in total. The molecule has 204 valence electrons. The van der Waals surface area contributed by atoms with Crippen LogP contribution in [0, 0.1) is 13.8 Å². The van der Waals surface area contributed by atoms with Gasteiger partial charge in [0.05, 0.1) is 16.3 Å². The first-order valence-electron chi connectivity index (χ1n) is 12.8. The molecule has 2 amide bonds. The van der Waals surface area contributed by atoms with Crippen molar-refractivity contribution < 1.29 is 18.0 Å². The van der Waals surface area contributed by atoms with E-state index in [4.69, 9.17) is 0 Å². The number of thioether (sulfide) groups is 1. The normalized spacial score (nSPS) is 15.2. The maximum Gasteiger partial charge on any atom is 0.261 e. The van der Waals surface area contributed by atoms with Crippen LogP contribution in [-0.2, 0) is 21.4 Å². The number of hydrogen-bond donors (Lipinski definition) is 2. The lowest BCUT2D eigenvalue weighted by molar-refractivity contribution is -0.128. The van der Waals surface area contributed by atoms with Crippen LogP contribution in [-0.4, -0.2) is 30.9 Å². The molecule has 1 fully saturated rings. The summed E-state index contributed by atoms with van der Waals surface area (Å²) in [5, 5.41) is 2.70. The van der Waals surface area contributed by atoms with Gasteiger partial charge < -0.3 is 10.2 Å². The van der Waals surface area contributed by atoms with Crippen LogP contribution in [0.3, 0.4) is 0 Å². The number of hydrogen-bond acceptors (Lipinski definition) is 5. The van der Waals surface area contributed by atoms with Crippen molar-refractivity contribution in [2.45, 2.75) is 30.7 Å². The molecule has 4 aromatic carbocycles. The second kappa shape index (κ2) is 11.6. The number of aryl methyl sites for hydroxylation is 2. The fourth-order valence-corrected chi connectivity index (χ4v) is 6.85. The second-order valence-electron chi connectivity index (χ2n) is 9.69. The van der Waals surface area contributed by atoms with Gasteiger partial charge in [0.2, 0.25) is 5.91 Å². The van der Waals surface area contributed by atoms with E-state index in [1.165, 1.54) is 12.1 Å². The lowest BCUT2D eigenvalue weighted by atomic mass is 10.1. The van der Waals surface area contributed by atoms with E-state index in [2.05, 4.69) is 10.0 Å². The number of carbonyl (C=O) groups excluding carboxylic acids is 2. The van der Waals surface area contributed by atoms with Crippen LogP contribution in [0.1, 0.15) is 38.0 Å². The highest BCUT2D eigenvalue weighted by Gasteiger charge is 2.32. The van der Waals surface area contributed by atoms with Crippen molar-refractivity contribution in [3.05, 3.63) is 125 Å². The summed E-state index contributed by atoms with van der Waals surface area (Å²) in [4.78, 5) is 27.4. The smallest absolute Gasteiger partial charge is 0.261 e. The highest BCUT2D eigenvalue weighted by Crippen LogP contribution is 2.39. The Morgan fingerprint density at radius 1 is 0.925 bits per heavy atom. The molecule has 0 unspecified atom stereocenters. The van der Waals surface area contributed by atoms with Gasteiger partial charge in [0, 0.05) is 17.8 Å². The fourth-order valence-electron chi connectivity index (χ4n) is 4.53. The average molecular weight is 572 g/mol. The Kier molecular flexibility index (Phi) is 7.95. The van der Waals surface area contributed by atoms with E-state index in [9.17, 15) is 18.0 Å². The van der Waals surface area contributed by atoms with E-state index in [0.29, 0.717) is 29.2 Å². The predicted molar refractivity (Wildman–Crippen MR) is 160 cm³/mol. The number of amides is 2. The molecule has 1 heterocycles. The summed E-state index contributed by atoms with van der Waals surface area (Å²) >= 11 is 1.57. The summed E-state index contributed by atoms with van der Waals surface area (Å²) in [5.41, 5.74) is 5.36. The van der Waals surface area contributed by atoms with E-state index in [1.807, 2.05) is 73.3 Å². The van der Waals surface area contributed by atoms with Gasteiger partial charge in [-0.3, -0.25) is 14.3 Å². The molecular formula is C31H29N3O4S2. The third-order valence-electron chi connectivity index (χ3n) is 6.67. The SMILES string of the molecule is Cc1ccc(NS(=O)(=O)c2ccc(NC(=O)c3ccc([C@H]4SCC(=O)N4Cc4ccccc4)cc3)cc2)c(C)c1. The molecule has 0 spiro atoms. The molecule has 1 saturated heterocycles. The maximum absolute atomic E-state index is 12.9. The molecule has 0 radical (unpaired) electrons. The Morgan fingerprint density at radius 3 is 2.30 bits per heavy atom. The van der Waals surface area contributed by atoms with Crippen molar-refractivity contribution in [1.29, 1.82) is 0 Å². The van der Waals surface area contributed by atoms with Gasteiger partial charge in [-0.1, -0.05) is 60.2 Å². The Labute approximate surface area is 238 Å². The first kappa shape index (κ1) is 27.5. The monoisotopic (exact) mass is 571 g/mol. The fraction of sp³-hybridized carbons (Fsp3) is 0.161. The number of rotatable bonds is 8. The number of benzene rings is 4. The first-order chi connectivity index (χ1) is 19.2. The van der Waals surface area contributed by atoms with Gasteiger partial charge in [0.1, 0.15) is 5.37 Å². The van der Waals surface area contributed by atoms with Crippen molar-refractivity contribution in [3.63, 3.8) is 0 Å². The molecule has 4 aromatic rings. The minimum atomic E-state index is -3.78. The summed E-state index contributed by atoms with van der Waals surface area (Å²) in [7, 11) is -3.78. The summed E-state index contributed by atoms with van der Waals surface area (Å²) in [6.45, 7) is 4.33. The number of nitrogens with zero attached hydrogens (tertiary/aromatic N) is 1. The molecular weight excluding hydrogens is 542 g/mol. The van der Waals surface area contributed by atoms with Crippen molar-refractivity contribution in [2.75, 3.05) is 15.8 Å². The van der Waals surface area contributed by atoms with Crippen LogP contribution >= 0.6 is 11.8 Å². The van der Waals surface area contributed by atoms with E-state index >= 15 is 0 Å². The maximum atomic E-state index is 12.9. The minimum Gasteiger partial charge on any atom is -0.322 e. The van der Waals surface area contributed by atoms with E-state index in [-0.39, 0.29) is 22.1 Å². The van der Waals surface area contributed by atoms with Gasteiger partial charge in [-0.05, 0) is 73.0 Å². The number of anilines is 2. The van der Waals surface area contributed by atoms with Crippen LogP contribution in [0.4, 0.5) is 11.4 Å². The number of carbonyl (C=O) groups is 2. The van der Waals surface area contributed by atoms with Gasteiger partial charge in [0.25, 0.3) is 15.9 Å². The predicted octanol–water partition coefficient (Wildman–Crippen LogP) is 6.13. The van der Waals surface area contributed by atoms with Crippen LogP contribution in [0.25, 0.3) is 0 Å². The van der Waals surface area contributed by atoms with Crippen LogP contribution in [0.5, 0.6) is 0 Å². The summed E-state index contributed by atoms with van der Waals surface area (Å²) in [5.74, 6) is 0.202. The topological polar surface area (TPSA) is 95.6 Å². The molecule has 0 saturated carbocycles. The molecule has 1 aliphatic rings. The van der Waals surface area contributed by atoms with Crippen LogP contribution in [0.2, 0.25) is 0 Å². The highest BCUT2D eigenvalue weighted by molar-refractivity contribution is 8.00. The molecule has 40 heavy (non-hydrogen) atoms. The zero-order valence-electron chi connectivity index (χ0n) is 22.1. The lowest BCUT2D eigenvalue weighted by Crippen LogP contribution is -2.27. The van der Waals surface area contributed by atoms with E-state index in [0.717, 1.165) is 22.3 Å². The third kappa shape index (κ3) is 6.21. The Bertz CT molecular complexity index is 1640. The molecule has 1 aliphatic heterocycles. The zero-order valence-corrected chi connectivity index (χ0v) is 23.8. The molecule has 7 nitrogen and oxygen atoms in total. The standard InChI is InChI=1S/C31H29N3O4S2/c1-21-8-17-28(22(2)18-21)33-40(37,38)27-15-13-26(14-16-27)32-30(36)24-9-11-25(12-10-24)31-34(29(35)20-39-31)19-23-6-4-3-5-7-23/h3-18,31,33H,19-20H2,1-2H3,(H,32,36)/t31-/m1/s1. The van der Waals surface area contributed by atoms with Gasteiger partial charge in [0.15, 0.2) is 0 Å². The molecule has 0 bridgehead atoms. The quantitative estimate of drug-likeness (QED) is 0.265. The number of nitrogens with one attached hydrogen (secondary N) is 2. The summed E-state index contributed by atoms with van der Waals surface area (Å²) in [6.07, 6.45) is 0. The third-order valence-corrected chi connectivity index (χ3v) is 9.31. The van der Waals surface area contributed by atoms with Gasteiger partial charge in [-0.15, -0.1) is 11.8 Å². The Hall–Kier alpha value is -4.08. The van der Waals surface area contributed by atoms with E-state index < -0.39 is 10.0 Å². The van der Waals surface area contributed by atoms with Gasteiger partial charge in [-0.25, -0.2) is 8.42 Å². The Morgan fingerprint density at radius 2 is 1.62 bits per heavy atom. The summed E-state index contributed by atoms with van der Waals surface area (Å²) < 4.78 is 28.3. The Balaban J connectivity index is 1.23. The van der Waals surface area contributed by atoms with Gasteiger partial charge >= 0.3 is 0 Å². The number of sulfonamides is 1. The van der Waals surface area contributed by atoms with Crippen molar-refractivity contribution in [2.24, 2.45) is 0 Å². The second-order valence-corrected chi connectivity index (χ2v) is 12.4. The van der Waals surface area contributed by atoms with Crippen molar-refractivity contribution in [3.8, 4) is 0 Å². The molecule has 0 aliphatic carbocycles. The molecule has 5 rings (SSSR count). The molecule has 0 aromatic heterocycles. The van der Waals surface area contributed by atoms with Gasteiger partial charge in [-0.2, -0.15) is 0 Å². The average Bonchev–Trinajstić information content (AvgIpc) is 3.31. The van der Waals surface area contributed by atoms with Crippen LogP contribution < -0.4 is 10.0 Å². The lowest BCUT2D eigenvalue weighted by Gasteiger charge is -2.24. The summed E-state index contributed by atoms with van der Waals surface area (Å²) in [6, 6.07) is 28.6. The zero-order chi connectivity index (χ0) is 28.3. The largest absolute Gasteiger partial charge is 0.322 e. The molecule has 1 atom stereocenters. The first-order valence-corrected chi connectivity index (χ1v) is 15.3. The molecule has 9 heteroatoms. The minimum absolute atomic E-state index is 0.0929. The van der Waals surface area contributed by atoms with Crippen molar-refractivity contribution >= 4 is 45.0 Å².